The third-order valence-electron chi connectivity index (χ3n) is 6.49. The molecule has 0 amide bonds. The van der Waals surface area contributed by atoms with Crippen LogP contribution in [0.25, 0.3) is 0 Å². The van der Waals surface area contributed by atoms with Gasteiger partial charge in [-0.25, -0.2) is 17.9 Å². The zero-order valence-electron chi connectivity index (χ0n) is 21.8. The Morgan fingerprint density at radius 1 is 1.16 bits per heavy atom. The first-order valence-corrected chi connectivity index (χ1v) is 14.0. The van der Waals surface area contributed by atoms with E-state index in [0.717, 1.165) is 31.4 Å². The molecule has 0 spiro atoms. The van der Waals surface area contributed by atoms with Crippen molar-refractivity contribution in [3.05, 3.63) is 54.6 Å². The van der Waals surface area contributed by atoms with Gasteiger partial charge in [0, 0.05) is 32.4 Å². The van der Waals surface area contributed by atoms with Gasteiger partial charge in [0.2, 0.25) is 15.9 Å². The minimum absolute atomic E-state index is 0.0176. The molecule has 2 aromatic carbocycles. The third kappa shape index (κ3) is 6.61. The Bertz CT molecular complexity index is 1220. The van der Waals surface area contributed by atoms with Crippen molar-refractivity contribution in [1.29, 1.82) is 0 Å². The third-order valence-corrected chi connectivity index (χ3v) is 8.10. The van der Waals surface area contributed by atoms with E-state index in [4.69, 9.17) is 9.84 Å². The Balaban J connectivity index is 2.28. The van der Waals surface area contributed by atoms with Gasteiger partial charge in [-0.2, -0.15) is 4.39 Å². The van der Waals surface area contributed by atoms with Crippen LogP contribution >= 0.6 is 0 Å². The molecular weight excluding hydrogens is 497 g/mol. The van der Waals surface area contributed by atoms with Crippen LogP contribution in [0.15, 0.2) is 59.4 Å². The summed E-state index contributed by atoms with van der Waals surface area (Å²) < 4.78 is 49.9. The van der Waals surface area contributed by atoms with E-state index in [-0.39, 0.29) is 10.6 Å². The molecule has 10 heteroatoms. The lowest BCUT2D eigenvalue weighted by Gasteiger charge is -2.37. The number of ether oxygens (including phenoxy) is 1. The summed E-state index contributed by atoms with van der Waals surface area (Å²) in [7, 11) is -0.539. The Morgan fingerprint density at radius 3 is 2.32 bits per heavy atom. The van der Waals surface area contributed by atoms with Crippen LogP contribution in [0, 0.1) is 0 Å². The SMILES string of the molecule is CCCCC1(CCCC)CN(c2ccccc2)c2cc(N(C)C)c(O/C=C(\F)C(=O)O)cc2S(=O)(=O)N1. The maximum absolute atomic E-state index is 13.9. The minimum Gasteiger partial charge on any atom is -0.476 e. The highest BCUT2D eigenvalue weighted by Crippen LogP contribution is 2.44. The molecule has 1 heterocycles. The largest absolute Gasteiger partial charge is 0.476 e. The van der Waals surface area contributed by atoms with E-state index in [9.17, 15) is 17.6 Å². The molecule has 0 bridgehead atoms. The monoisotopic (exact) mass is 533 g/mol. The van der Waals surface area contributed by atoms with Gasteiger partial charge in [0.05, 0.1) is 16.9 Å². The van der Waals surface area contributed by atoms with Gasteiger partial charge >= 0.3 is 5.97 Å². The fourth-order valence-corrected chi connectivity index (χ4v) is 6.24. The number of carboxylic acid groups (broad SMARTS) is 1. The number of nitrogens with zero attached hydrogens (tertiary/aromatic N) is 2. The topological polar surface area (TPSA) is 99.2 Å². The van der Waals surface area contributed by atoms with E-state index < -0.39 is 27.4 Å². The van der Waals surface area contributed by atoms with Gasteiger partial charge < -0.3 is 19.6 Å². The van der Waals surface area contributed by atoms with Crippen LogP contribution in [0.3, 0.4) is 0 Å². The predicted molar refractivity (Wildman–Crippen MR) is 144 cm³/mol. The van der Waals surface area contributed by atoms with Gasteiger partial charge in [-0.3, -0.25) is 0 Å². The lowest BCUT2D eigenvalue weighted by atomic mass is 9.87. The average molecular weight is 534 g/mol. The molecule has 0 fully saturated rings. The molecule has 1 aliphatic heterocycles. The first kappa shape index (κ1) is 28.5. The highest BCUT2D eigenvalue weighted by molar-refractivity contribution is 7.89. The summed E-state index contributed by atoms with van der Waals surface area (Å²) in [6, 6.07) is 12.6. The molecule has 0 unspecified atom stereocenters. The smallest absolute Gasteiger partial charge is 0.368 e. The first-order valence-electron chi connectivity index (χ1n) is 12.5. The van der Waals surface area contributed by atoms with Crippen LogP contribution in [0.4, 0.5) is 21.5 Å². The number of nitrogens with one attached hydrogen (secondary N) is 1. The molecule has 0 saturated heterocycles. The van der Waals surface area contributed by atoms with Gasteiger partial charge in [-0.1, -0.05) is 57.7 Å². The van der Waals surface area contributed by atoms with Gasteiger partial charge in [0.25, 0.3) is 0 Å². The number of fused-ring (bicyclic) bond motifs is 1. The highest BCUT2D eigenvalue weighted by Gasteiger charge is 2.42. The first-order chi connectivity index (χ1) is 17.5. The average Bonchev–Trinajstić information content (AvgIpc) is 2.96. The molecule has 2 N–H and O–H groups in total. The second-order valence-electron chi connectivity index (χ2n) is 9.59. The van der Waals surface area contributed by atoms with E-state index in [1.165, 1.54) is 6.07 Å². The van der Waals surface area contributed by atoms with Crippen molar-refractivity contribution in [3.8, 4) is 5.75 Å². The number of hydrogen-bond donors (Lipinski definition) is 2. The Kier molecular flexibility index (Phi) is 9.20. The molecule has 0 aromatic heterocycles. The van der Waals surface area contributed by atoms with Crippen molar-refractivity contribution in [2.24, 2.45) is 0 Å². The van der Waals surface area contributed by atoms with E-state index in [0.29, 0.717) is 37.0 Å². The van der Waals surface area contributed by atoms with E-state index >= 15 is 0 Å². The second-order valence-corrected chi connectivity index (χ2v) is 11.2. The lowest BCUT2D eigenvalue weighted by molar-refractivity contribution is -0.134. The molecule has 202 valence electrons. The fourth-order valence-electron chi connectivity index (χ4n) is 4.59. The molecular formula is C27H36FN3O5S. The van der Waals surface area contributed by atoms with Crippen LogP contribution < -0.4 is 19.3 Å². The maximum atomic E-state index is 13.9. The van der Waals surface area contributed by atoms with Gasteiger partial charge in [-0.05, 0) is 31.0 Å². The fraction of sp³-hybridized carbons (Fsp3) is 0.444. The lowest BCUT2D eigenvalue weighted by Crippen LogP contribution is -2.53. The summed E-state index contributed by atoms with van der Waals surface area (Å²) in [5.74, 6) is -3.25. The van der Waals surface area contributed by atoms with Gasteiger partial charge in [0.1, 0.15) is 11.2 Å². The Hall–Kier alpha value is -3.11. The summed E-state index contributed by atoms with van der Waals surface area (Å²) in [5.41, 5.74) is 1.08. The summed E-state index contributed by atoms with van der Waals surface area (Å²) in [4.78, 5) is 14.6. The van der Waals surface area contributed by atoms with Crippen molar-refractivity contribution in [2.45, 2.75) is 62.8 Å². The predicted octanol–water partition coefficient (Wildman–Crippen LogP) is 5.58. The summed E-state index contributed by atoms with van der Waals surface area (Å²) in [6.07, 6.45) is 5.41. The Morgan fingerprint density at radius 2 is 1.78 bits per heavy atom. The Labute approximate surface area is 218 Å². The maximum Gasteiger partial charge on any atom is 0.368 e. The number of aliphatic carboxylic acids is 1. The molecule has 0 radical (unpaired) electrons. The van der Waals surface area contributed by atoms with Gasteiger partial charge in [-0.15, -0.1) is 0 Å². The second kappa shape index (κ2) is 12.0. The van der Waals surface area contributed by atoms with Crippen molar-refractivity contribution in [2.75, 3.05) is 30.4 Å². The number of sulfonamides is 1. The summed E-state index contributed by atoms with van der Waals surface area (Å²) in [5, 5.41) is 8.86. The van der Waals surface area contributed by atoms with Crippen molar-refractivity contribution in [3.63, 3.8) is 0 Å². The van der Waals surface area contributed by atoms with Crippen LogP contribution in [0.1, 0.15) is 52.4 Å². The number of rotatable bonds is 11. The van der Waals surface area contributed by atoms with Gasteiger partial charge in [0.15, 0.2) is 5.75 Å². The van der Waals surface area contributed by atoms with Crippen LogP contribution in [-0.2, 0) is 14.8 Å². The quantitative estimate of drug-likeness (QED) is 0.288. The van der Waals surface area contributed by atoms with Crippen LogP contribution in [-0.4, -0.2) is 45.7 Å². The van der Waals surface area contributed by atoms with Crippen LogP contribution in [0.2, 0.25) is 0 Å². The number of hydrogen-bond acceptors (Lipinski definition) is 6. The van der Waals surface area contributed by atoms with Crippen molar-refractivity contribution >= 4 is 33.1 Å². The zero-order chi connectivity index (χ0) is 27.2. The minimum atomic E-state index is -4.03. The number of para-hydroxylation sites is 1. The zero-order valence-corrected chi connectivity index (χ0v) is 22.6. The van der Waals surface area contributed by atoms with Crippen molar-refractivity contribution in [1.82, 2.24) is 4.72 Å². The number of unbranched alkanes of at least 4 members (excludes halogenated alkanes) is 2. The number of carbonyl (C=O) groups is 1. The molecule has 0 atom stereocenters. The van der Waals surface area contributed by atoms with Crippen LogP contribution in [0.5, 0.6) is 5.75 Å². The molecule has 0 saturated carbocycles. The molecule has 37 heavy (non-hydrogen) atoms. The number of carboxylic acids is 1. The number of anilines is 3. The number of halogens is 1. The van der Waals surface area contributed by atoms with E-state index in [1.807, 2.05) is 35.2 Å². The molecule has 2 aromatic rings. The molecule has 1 aliphatic rings. The molecule has 3 rings (SSSR count). The molecule has 8 nitrogen and oxygen atoms in total. The van der Waals surface area contributed by atoms with E-state index in [1.54, 1.807) is 25.1 Å². The standard InChI is InChI=1S/C27H36FN3O5S/c1-5-7-14-27(15-8-6-2)19-31(20-12-10-9-11-13-20)23-16-22(30(3)4)24(36-18-21(28)26(32)33)17-25(23)37(34,35)29-27/h9-13,16-18,29H,5-8,14-15,19H2,1-4H3,(H,32,33)/b21-18-. The van der Waals surface area contributed by atoms with Crippen molar-refractivity contribution < 1.29 is 27.4 Å². The number of benzene rings is 2. The normalized spacial score (nSPS) is 16.6. The van der Waals surface area contributed by atoms with E-state index in [2.05, 4.69) is 18.6 Å². The highest BCUT2D eigenvalue weighted by atomic mass is 32.2. The summed E-state index contributed by atoms with van der Waals surface area (Å²) >= 11 is 0. The molecule has 0 aliphatic carbocycles. The summed E-state index contributed by atoms with van der Waals surface area (Å²) in [6.45, 7) is 4.60.